The van der Waals surface area contributed by atoms with Crippen LogP contribution < -0.4 is 0 Å². The van der Waals surface area contributed by atoms with Gasteiger partial charge < -0.3 is 5.11 Å². The smallest absolute Gasteiger partial charge is 0.0578 e. The monoisotopic (exact) mass is 396 g/mol. The first kappa shape index (κ1) is 21.4. The summed E-state index contributed by atoms with van der Waals surface area (Å²) in [4.78, 5) is 0. The minimum absolute atomic E-state index is 0.115. The van der Waals surface area contributed by atoms with Gasteiger partial charge in [0.2, 0.25) is 0 Å². The molecule has 0 aromatic carbocycles. The Labute approximate surface area is 179 Å². The van der Waals surface area contributed by atoms with Gasteiger partial charge in [-0.3, -0.25) is 0 Å². The number of aliphatic hydroxyl groups excluding tert-OH is 1. The van der Waals surface area contributed by atoms with Gasteiger partial charge in [0.1, 0.15) is 0 Å². The van der Waals surface area contributed by atoms with Gasteiger partial charge >= 0.3 is 0 Å². The normalized spacial score (nSPS) is 42.4. The summed E-state index contributed by atoms with van der Waals surface area (Å²) in [5.41, 5.74) is 5.53. The van der Waals surface area contributed by atoms with Crippen LogP contribution in [0, 0.1) is 40.4 Å². The molecule has 1 heteroatoms. The molecule has 0 amide bonds. The minimum Gasteiger partial charge on any atom is -0.393 e. The lowest BCUT2D eigenvalue weighted by Crippen LogP contribution is -2.46. The molecule has 0 saturated heterocycles. The van der Waals surface area contributed by atoms with Crippen LogP contribution in [0.15, 0.2) is 35.5 Å². The Morgan fingerprint density at radius 2 is 1.83 bits per heavy atom. The molecule has 0 aromatic heterocycles. The summed E-state index contributed by atoms with van der Waals surface area (Å²) < 4.78 is 0. The van der Waals surface area contributed by atoms with Crippen molar-refractivity contribution >= 4 is 0 Å². The molecule has 0 heterocycles. The molecule has 29 heavy (non-hydrogen) atoms. The van der Waals surface area contributed by atoms with E-state index in [9.17, 15) is 5.11 Å². The number of rotatable bonds is 5. The molecule has 0 aromatic rings. The van der Waals surface area contributed by atoms with Gasteiger partial charge in [-0.1, -0.05) is 70.1 Å². The molecule has 0 spiro atoms. The SMILES string of the molecule is C=C(CC[C@@H](C)[C@H]1CC[C@H]2C3=CC=C4C[C@@H](O)CC[C@]4(C)C3CC[C@]12C)C(C)C. The molecule has 0 radical (unpaired) electrons. The van der Waals surface area contributed by atoms with Crippen molar-refractivity contribution in [3.05, 3.63) is 35.5 Å². The van der Waals surface area contributed by atoms with Gasteiger partial charge in [0.25, 0.3) is 0 Å². The summed E-state index contributed by atoms with van der Waals surface area (Å²) in [6, 6.07) is 0. The summed E-state index contributed by atoms with van der Waals surface area (Å²) >= 11 is 0. The van der Waals surface area contributed by atoms with E-state index >= 15 is 0 Å². The zero-order chi connectivity index (χ0) is 21.0. The van der Waals surface area contributed by atoms with Crippen molar-refractivity contribution in [2.45, 2.75) is 98.5 Å². The van der Waals surface area contributed by atoms with Crippen LogP contribution in [0.4, 0.5) is 0 Å². The van der Waals surface area contributed by atoms with Crippen LogP contribution in [-0.2, 0) is 0 Å². The quantitative estimate of drug-likeness (QED) is 0.478. The molecule has 0 bridgehead atoms. The molecule has 162 valence electrons. The van der Waals surface area contributed by atoms with Crippen LogP contribution in [0.1, 0.15) is 92.4 Å². The van der Waals surface area contributed by atoms with E-state index in [0.29, 0.717) is 16.7 Å². The van der Waals surface area contributed by atoms with Gasteiger partial charge in [0.15, 0.2) is 0 Å². The Bertz CT molecular complexity index is 712. The first-order chi connectivity index (χ1) is 13.7. The Morgan fingerprint density at radius 3 is 2.55 bits per heavy atom. The van der Waals surface area contributed by atoms with Crippen molar-refractivity contribution in [2.75, 3.05) is 0 Å². The molecule has 3 fully saturated rings. The second-order valence-corrected chi connectivity index (χ2v) is 11.8. The number of allylic oxidation sites excluding steroid dienone is 4. The third-order valence-corrected chi connectivity index (χ3v) is 10.0. The third-order valence-electron chi connectivity index (χ3n) is 10.0. The maximum absolute atomic E-state index is 10.2. The lowest BCUT2D eigenvalue weighted by molar-refractivity contribution is 0.0326. The van der Waals surface area contributed by atoms with E-state index in [1.165, 1.54) is 56.1 Å². The lowest BCUT2D eigenvalue weighted by atomic mass is 9.50. The molecule has 4 rings (SSSR count). The van der Waals surface area contributed by atoms with Gasteiger partial charge in [-0.25, -0.2) is 0 Å². The Hall–Kier alpha value is -0.820. The van der Waals surface area contributed by atoms with Gasteiger partial charge in [-0.2, -0.15) is 0 Å². The number of fused-ring (bicyclic) bond motifs is 5. The highest BCUT2D eigenvalue weighted by atomic mass is 16.3. The van der Waals surface area contributed by atoms with Crippen molar-refractivity contribution < 1.29 is 5.11 Å². The van der Waals surface area contributed by atoms with Gasteiger partial charge in [-0.15, -0.1) is 0 Å². The molecule has 3 saturated carbocycles. The lowest BCUT2D eigenvalue weighted by Gasteiger charge is -2.55. The maximum Gasteiger partial charge on any atom is 0.0578 e. The average Bonchev–Trinajstić information content (AvgIpc) is 3.03. The van der Waals surface area contributed by atoms with E-state index in [0.717, 1.165) is 36.5 Å². The summed E-state index contributed by atoms with van der Waals surface area (Å²) in [5, 5.41) is 10.2. The van der Waals surface area contributed by atoms with Crippen molar-refractivity contribution in [2.24, 2.45) is 40.4 Å². The fourth-order valence-corrected chi connectivity index (χ4v) is 7.86. The Morgan fingerprint density at radius 1 is 1.07 bits per heavy atom. The molecule has 0 aliphatic heterocycles. The van der Waals surface area contributed by atoms with E-state index < -0.39 is 0 Å². The maximum atomic E-state index is 10.2. The highest BCUT2D eigenvalue weighted by Crippen LogP contribution is 2.66. The van der Waals surface area contributed by atoms with E-state index in [1.807, 2.05) is 0 Å². The van der Waals surface area contributed by atoms with E-state index in [4.69, 9.17) is 0 Å². The van der Waals surface area contributed by atoms with E-state index in [2.05, 4.69) is 53.3 Å². The number of hydrogen-bond acceptors (Lipinski definition) is 1. The van der Waals surface area contributed by atoms with Crippen molar-refractivity contribution in [1.82, 2.24) is 0 Å². The molecule has 7 atom stereocenters. The van der Waals surface area contributed by atoms with Crippen LogP contribution in [0.2, 0.25) is 0 Å². The predicted octanol–water partition coefficient (Wildman–Crippen LogP) is 7.47. The number of hydrogen-bond donors (Lipinski definition) is 1. The second-order valence-electron chi connectivity index (χ2n) is 11.8. The zero-order valence-electron chi connectivity index (χ0n) is 19.6. The van der Waals surface area contributed by atoms with Gasteiger partial charge in [0, 0.05) is 0 Å². The molecular formula is C28H44O. The van der Waals surface area contributed by atoms with Crippen LogP contribution in [0.25, 0.3) is 0 Å². The van der Waals surface area contributed by atoms with Gasteiger partial charge in [-0.05, 0) is 98.2 Å². The highest BCUT2D eigenvalue weighted by Gasteiger charge is 2.56. The van der Waals surface area contributed by atoms with Crippen LogP contribution in [0.5, 0.6) is 0 Å². The van der Waals surface area contributed by atoms with Crippen LogP contribution in [-0.4, -0.2) is 11.2 Å². The Balaban J connectivity index is 1.53. The molecule has 1 N–H and O–H groups in total. The molecule has 1 unspecified atom stereocenters. The molecule has 1 nitrogen and oxygen atoms in total. The minimum atomic E-state index is -0.115. The van der Waals surface area contributed by atoms with Crippen molar-refractivity contribution in [1.29, 1.82) is 0 Å². The third kappa shape index (κ3) is 3.50. The zero-order valence-corrected chi connectivity index (χ0v) is 19.6. The summed E-state index contributed by atoms with van der Waals surface area (Å²) in [7, 11) is 0. The second kappa shape index (κ2) is 7.70. The number of aliphatic hydroxyl groups is 1. The van der Waals surface area contributed by atoms with Crippen molar-refractivity contribution in [3.63, 3.8) is 0 Å². The topological polar surface area (TPSA) is 20.2 Å². The molecule has 4 aliphatic carbocycles. The van der Waals surface area contributed by atoms with Crippen molar-refractivity contribution in [3.8, 4) is 0 Å². The fourth-order valence-electron chi connectivity index (χ4n) is 7.86. The largest absolute Gasteiger partial charge is 0.393 e. The van der Waals surface area contributed by atoms with E-state index in [1.54, 1.807) is 5.57 Å². The predicted molar refractivity (Wildman–Crippen MR) is 124 cm³/mol. The van der Waals surface area contributed by atoms with Crippen LogP contribution in [0.3, 0.4) is 0 Å². The molecular weight excluding hydrogens is 352 g/mol. The first-order valence-electron chi connectivity index (χ1n) is 12.4. The van der Waals surface area contributed by atoms with Crippen LogP contribution >= 0.6 is 0 Å². The van der Waals surface area contributed by atoms with E-state index in [-0.39, 0.29) is 6.10 Å². The summed E-state index contributed by atoms with van der Waals surface area (Å²) in [6.45, 7) is 16.6. The molecule has 4 aliphatic rings. The fraction of sp³-hybridized carbons (Fsp3) is 0.786. The average molecular weight is 397 g/mol. The Kier molecular flexibility index (Phi) is 5.69. The first-order valence-corrected chi connectivity index (χ1v) is 12.4. The summed E-state index contributed by atoms with van der Waals surface area (Å²) in [6.07, 6.45) is 15.9. The van der Waals surface area contributed by atoms with Gasteiger partial charge in [0.05, 0.1) is 6.10 Å². The standard InChI is InChI=1S/C28H44O/c1-18(2)19(3)7-8-20(4)24-11-12-25-23-10-9-21-17-22(29)13-15-27(21,5)26(23)14-16-28(24,25)6/h9-10,18,20,22,24-26,29H,3,7-8,11-17H2,1-2,4-6H3/t20-,22+,24-,25+,26?,27+,28-/m1/s1. The summed E-state index contributed by atoms with van der Waals surface area (Å²) in [5.74, 6) is 3.78. The highest BCUT2D eigenvalue weighted by molar-refractivity contribution is 5.38.